The van der Waals surface area contributed by atoms with Crippen LogP contribution in [0.2, 0.25) is 5.02 Å². The summed E-state index contributed by atoms with van der Waals surface area (Å²) in [5.74, 6) is -1.71. The van der Waals surface area contributed by atoms with E-state index in [9.17, 15) is 9.59 Å². The van der Waals surface area contributed by atoms with Gasteiger partial charge >= 0.3 is 5.97 Å². The van der Waals surface area contributed by atoms with Gasteiger partial charge in [-0.1, -0.05) is 24.2 Å². The molecule has 0 fully saturated rings. The van der Waals surface area contributed by atoms with E-state index in [-0.39, 0.29) is 0 Å². The van der Waals surface area contributed by atoms with Gasteiger partial charge in [0.1, 0.15) is 0 Å². The summed E-state index contributed by atoms with van der Waals surface area (Å²) in [6.45, 7) is 5.61. The second-order valence-corrected chi connectivity index (χ2v) is 4.04. The highest BCUT2D eigenvalue weighted by Gasteiger charge is 2.04. The lowest BCUT2D eigenvalue weighted by Crippen LogP contribution is -2.08. The van der Waals surface area contributed by atoms with Crippen LogP contribution in [0.25, 0.3) is 5.57 Å². The Labute approximate surface area is 110 Å². The van der Waals surface area contributed by atoms with Gasteiger partial charge in [0.15, 0.2) is 0 Å². The Kier molecular flexibility index (Phi) is 4.68. The third kappa shape index (κ3) is 4.07. The van der Waals surface area contributed by atoms with Gasteiger partial charge in [-0.25, -0.2) is 4.79 Å². The van der Waals surface area contributed by atoms with Crippen LogP contribution in [0.3, 0.4) is 0 Å². The third-order valence-electron chi connectivity index (χ3n) is 2.07. The van der Waals surface area contributed by atoms with Gasteiger partial charge in [-0.15, -0.1) is 0 Å². The molecule has 2 N–H and O–H groups in total. The standard InChI is InChI=1S/C13H12ClNO3/c1-8(2)10-4-3-9(7-11(10)14)15-12(16)5-6-13(17)18/h3-7H,1H2,2H3,(H,15,16)(H,17,18). The highest BCUT2D eigenvalue weighted by Crippen LogP contribution is 2.25. The molecule has 94 valence electrons. The number of hydrogen-bond acceptors (Lipinski definition) is 2. The SMILES string of the molecule is C=C(C)c1ccc(NC(=O)C=CC(=O)O)cc1Cl. The predicted octanol–water partition coefficient (Wildman–Crippen LogP) is 2.95. The average Bonchev–Trinajstić information content (AvgIpc) is 2.26. The van der Waals surface area contributed by atoms with Crippen molar-refractivity contribution in [2.45, 2.75) is 6.92 Å². The number of amides is 1. The van der Waals surface area contributed by atoms with Crippen LogP contribution in [-0.4, -0.2) is 17.0 Å². The number of rotatable bonds is 4. The van der Waals surface area contributed by atoms with Crippen LogP contribution in [0.5, 0.6) is 0 Å². The summed E-state index contributed by atoms with van der Waals surface area (Å²) in [4.78, 5) is 21.6. The molecule has 0 aliphatic heterocycles. The van der Waals surface area contributed by atoms with Gasteiger partial charge in [0.05, 0.1) is 5.02 Å². The molecule has 0 heterocycles. The van der Waals surface area contributed by atoms with Crippen LogP contribution in [-0.2, 0) is 9.59 Å². The number of carboxylic acid groups (broad SMARTS) is 1. The molecule has 4 nitrogen and oxygen atoms in total. The molecule has 5 heteroatoms. The van der Waals surface area contributed by atoms with Gasteiger partial charge in [0, 0.05) is 17.8 Å². The second-order valence-electron chi connectivity index (χ2n) is 3.64. The Morgan fingerprint density at radius 3 is 2.56 bits per heavy atom. The zero-order valence-electron chi connectivity index (χ0n) is 9.74. The first kappa shape index (κ1) is 14.0. The van der Waals surface area contributed by atoms with E-state index in [1.54, 1.807) is 18.2 Å². The molecule has 0 saturated carbocycles. The lowest BCUT2D eigenvalue weighted by atomic mass is 10.1. The van der Waals surface area contributed by atoms with Gasteiger partial charge in [-0.05, 0) is 30.2 Å². The number of aliphatic carboxylic acids is 1. The Hall–Kier alpha value is -2.07. The zero-order valence-corrected chi connectivity index (χ0v) is 10.5. The van der Waals surface area contributed by atoms with Gasteiger partial charge in [-0.3, -0.25) is 4.79 Å². The van der Waals surface area contributed by atoms with Gasteiger partial charge < -0.3 is 10.4 Å². The molecule has 18 heavy (non-hydrogen) atoms. The summed E-state index contributed by atoms with van der Waals surface area (Å²) in [6.07, 6.45) is 1.70. The Morgan fingerprint density at radius 2 is 2.06 bits per heavy atom. The summed E-state index contributed by atoms with van der Waals surface area (Å²) in [6, 6.07) is 4.99. The molecule has 1 aromatic rings. The second kappa shape index (κ2) is 6.02. The van der Waals surface area contributed by atoms with E-state index >= 15 is 0 Å². The van der Waals surface area contributed by atoms with Crippen molar-refractivity contribution in [2.24, 2.45) is 0 Å². The Bertz CT molecular complexity index is 535. The van der Waals surface area contributed by atoms with E-state index in [1.165, 1.54) is 0 Å². The fraction of sp³-hybridized carbons (Fsp3) is 0.0769. The first-order valence-corrected chi connectivity index (χ1v) is 5.45. The molecule has 0 aromatic heterocycles. The van der Waals surface area contributed by atoms with Crippen molar-refractivity contribution in [1.29, 1.82) is 0 Å². The molecule has 0 aliphatic carbocycles. The molecule has 0 atom stereocenters. The quantitative estimate of drug-likeness (QED) is 0.823. The summed E-state index contributed by atoms with van der Waals surface area (Å²) in [5.41, 5.74) is 2.12. The molecule has 1 rings (SSSR count). The number of carbonyl (C=O) groups is 2. The van der Waals surface area contributed by atoms with Crippen molar-refractivity contribution in [3.63, 3.8) is 0 Å². The number of carbonyl (C=O) groups excluding carboxylic acids is 1. The zero-order chi connectivity index (χ0) is 13.7. The maximum Gasteiger partial charge on any atom is 0.328 e. The van der Waals surface area contributed by atoms with Crippen LogP contribution in [0, 0.1) is 0 Å². The summed E-state index contributed by atoms with van der Waals surface area (Å²) < 4.78 is 0. The van der Waals surface area contributed by atoms with E-state index < -0.39 is 11.9 Å². The number of halogens is 1. The molecule has 1 amide bonds. The predicted molar refractivity (Wildman–Crippen MR) is 71.6 cm³/mol. The maximum absolute atomic E-state index is 11.3. The van der Waals surface area contributed by atoms with Crippen molar-refractivity contribution >= 4 is 34.7 Å². The van der Waals surface area contributed by atoms with Crippen LogP contribution in [0.1, 0.15) is 12.5 Å². The third-order valence-corrected chi connectivity index (χ3v) is 2.39. The fourth-order valence-electron chi connectivity index (χ4n) is 1.27. The molecule has 0 bridgehead atoms. The Balaban J connectivity index is 2.81. The highest BCUT2D eigenvalue weighted by molar-refractivity contribution is 6.32. The largest absolute Gasteiger partial charge is 0.478 e. The number of allylic oxidation sites excluding steroid dienone is 1. The van der Waals surface area contributed by atoms with Crippen LogP contribution in [0.4, 0.5) is 5.69 Å². The average molecular weight is 266 g/mol. The molecule has 0 unspecified atom stereocenters. The van der Waals surface area contributed by atoms with Crippen LogP contribution < -0.4 is 5.32 Å². The van der Waals surface area contributed by atoms with Gasteiger partial charge in [0.25, 0.3) is 0 Å². The van der Waals surface area contributed by atoms with Gasteiger partial charge in [0.2, 0.25) is 5.91 Å². The van der Waals surface area contributed by atoms with Crippen molar-refractivity contribution < 1.29 is 14.7 Å². The highest BCUT2D eigenvalue weighted by atomic mass is 35.5. The summed E-state index contributed by atoms with van der Waals surface area (Å²) in [7, 11) is 0. The minimum absolute atomic E-state index is 0.475. The maximum atomic E-state index is 11.3. The first-order valence-electron chi connectivity index (χ1n) is 5.07. The van der Waals surface area contributed by atoms with E-state index in [2.05, 4.69) is 11.9 Å². The topological polar surface area (TPSA) is 66.4 Å². The number of anilines is 1. The number of benzene rings is 1. The first-order chi connectivity index (χ1) is 8.40. The van der Waals surface area contributed by atoms with E-state index in [0.717, 1.165) is 23.3 Å². The van der Waals surface area contributed by atoms with Crippen molar-refractivity contribution in [2.75, 3.05) is 5.32 Å². The van der Waals surface area contributed by atoms with Crippen molar-refractivity contribution in [3.05, 3.63) is 47.5 Å². The van der Waals surface area contributed by atoms with E-state index in [4.69, 9.17) is 16.7 Å². The molecular formula is C13H12ClNO3. The Morgan fingerprint density at radius 1 is 1.39 bits per heavy atom. The lowest BCUT2D eigenvalue weighted by molar-refractivity contribution is -0.131. The van der Waals surface area contributed by atoms with Gasteiger partial charge in [-0.2, -0.15) is 0 Å². The number of hydrogen-bond donors (Lipinski definition) is 2. The molecule has 0 aliphatic rings. The molecule has 0 spiro atoms. The van der Waals surface area contributed by atoms with Crippen LogP contribution in [0.15, 0.2) is 36.9 Å². The fourth-order valence-corrected chi connectivity index (χ4v) is 1.61. The minimum Gasteiger partial charge on any atom is -0.478 e. The molecule has 0 radical (unpaired) electrons. The van der Waals surface area contributed by atoms with E-state index in [1.807, 2.05) is 6.92 Å². The van der Waals surface area contributed by atoms with Crippen molar-refractivity contribution in [1.82, 2.24) is 0 Å². The molecule has 1 aromatic carbocycles. The van der Waals surface area contributed by atoms with Crippen LogP contribution >= 0.6 is 11.6 Å². The summed E-state index contributed by atoms with van der Waals surface area (Å²) >= 11 is 6.01. The lowest BCUT2D eigenvalue weighted by Gasteiger charge is -2.07. The molecular weight excluding hydrogens is 254 g/mol. The smallest absolute Gasteiger partial charge is 0.328 e. The normalized spacial score (nSPS) is 10.3. The monoisotopic (exact) mass is 265 g/mol. The number of carboxylic acids is 1. The van der Waals surface area contributed by atoms with E-state index in [0.29, 0.717) is 10.7 Å². The minimum atomic E-state index is -1.18. The molecule has 0 saturated heterocycles. The van der Waals surface area contributed by atoms with Crippen molar-refractivity contribution in [3.8, 4) is 0 Å². The number of nitrogens with one attached hydrogen (secondary N) is 1. The summed E-state index contributed by atoms with van der Waals surface area (Å²) in [5, 5.41) is 11.3.